The highest BCUT2D eigenvalue weighted by Crippen LogP contribution is 2.19. The number of rotatable bonds is 4. The molecule has 4 heteroatoms. The van der Waals surface area contributed by atoms with E-state index in [-0.39, 0.29) is 0 Å². The summed E-state index contributed by atoms with van der Waals surface area (Å²) < 4.78 is 2.04. The van der Waals surface area contributed by atoms with E-state index in [1.807, 2.05) is 4.57 Å². The molecule has 1 heterocycles. The molecule has 72 valence electrons. The number of hydrogen-bond acceptors (Lipinski definition) is 3. The van der Waals surface area contributed by atoms with E-state index in [2.05, 4.69) is 17.2 Å². The lowest BCUT2D eigenvalue weighted by atomic mass is 10.5. The number of nitrogen functional groups attached to an aromatic ring is 1. The molecule has 1 aliphatic rings. The van der Waals surface area contributed by atoms with E-state index in [1.54, 1.807) is 6.20 Å². The van der Waals surface area contributed by atoms with Crippen LogP contribution in [0.1, 0.15) is 25.6 Å². The largest absolute Gasteiger partial charge is 0.384 e. The van der Waals surface area contributed by atoms with Crippen LogP contribution < -0.4 is 11.1 Å². The summed E-state index contributed by atoms with van der Waals surface area (Å²) in [4.78, 5) is 4.26. The maximum atomic E-state index is 5.75. The van der Waals surface area contributed by atoms with Crippen molar-refractivity contribution in [1.82, 2.24) is 14.9 Å². The predicted molar refractivity (Wildman–Crippen MR) is 52.2 cm³/mol. The Hall–Kier alpha value is -1.03. The van der Waals surface area contributed by atoms with Gasteiger partial charge in [-0.1, -0.05) is 0 Å². The molecule has 0 atom stereocenters. The summed E-state index contributed by atoms with van der Waals surface area (Å²) in [6.45, 7) is 3.82. The van der Waals surface area contributed by atoms with E-state index >= 15 is 0 Å². The van der Waals surface area contributed by atoms with Gasteiger partial charge in [-0.15, -0.1) is 0 Å². The Morgan fingerprint density at radius 2 is 2.46 bits per heavy atom. The van der Waals surface area contributed by atoms with Crippen molar-refractivity contribution in [3.63, 3.8) is 0 Å². The van der Waals surface area contributed by atoms with Crippen LogP contribution in [0.15, 0.2) is 6.20 Å². The van der Waals surface area contributed by atoms with Crippen LogP contribution in [-0.2, 0) is 13.1 Å². The van der Waals surface area contributed by atoms with Crippen LogP contribution in [-0.4, -0.2) is 15.6 Å². The summed E-state index contributed by atoms with van der Waals surface area (Å²) in [6.07, 6.45) is 4.35. The van der Waals surface area contributed by atoms with Crippen molar-refractivity contribution in [3.05, 3.63) is 12.0 Å². The molecule has 1 saturated carbocycles. The SMILES string of the molecule is CCn1c(N)cnc1CNC1CC1. The van der Waals surface area contributed by atoms with E-state index in [9.17, 15) is 0 Å². The molecule has 1 fully saturated rings. The van der Waals surface area contributed by atoms with Gasteiger partial charge in [0.15, 0.2) is 0 Å². The Labute approximate surface area is 78.1 Å². The Morgan fingerprint density at radius 1 is 1.69 bits per heavy atom. The molecular formula is C9H16N4. The molecule has 0 bridgehead atoms. The van der Waals surface area contributed by atoms with Gasteiger partial charge >= 0.3 is 0 Å². The van der Waals surface area contributed by atoms with Crippen LogP contribution in [0.4, 0.5) is 5.82 Å². The smallest absolute Gasteiger partial charge is 0.124 e. The number of hydrogen-bond donors (Lipinski definition) is 2. The third-order valence-electron chi connectivity index (χ3n) is 2.41. The van der Waals surface area contributed by atoms with Gasteiger partial charge in [0, 0.05) is 12.6 Å². The first-order valence-electron chi connectivity index (χ1n) is 4.84. The average Bonchev–Trinajstić information content (AvgIpc) is 2.88. The molecule has 0 unspecified atom stereocenters. The molecule has 3 N–H and O–H groups in total. The zero-order valence-corrected chi connectivity index (χ0v) is 7.95. The average molecular weight is 180 g/mol. The summed E-state index contributed by atoms with van der Waals surface area (Å²) in [7, 11) is 0. The monoisotopic (exact) mass is 180 g/mol. The Kier molecular flexibility index (Phi) is 2.22. The minimum atomic E-state index is 0.725. The topological polar surface area (TPSA) is 55.9 Å². The highest BCUT2D eigenvalue weighted by atomic mass is 15.1. The van der Waals surface area contributed by atoms with Crippen LogP contribution in [0.3, 0.4) is 0 Å². The minimum Gasteiger partial charge on any atom is -0.384 e. The lowest BCUT2D eigenvalue weighted by Gasteiger charge is -2.06. The van der Waals surface area contributed by atoms with Crippen molar-refractivity contribution in [2.24, 2.45) is 0 Å². The van der Waals surface area contributed by atoms with Crippen molar-refractivity contribution >= 4 is 5.82 Å². The summed E-state index contributed by atoms with van der Waals surface area (Å²) in [5.74, 6) is 1.81. The fraction of sp³-hybridized carbons (Fsp3) is 0.667. The first-order valence-corrected chi connectivity index (χ1v) is 4.84. The van der Waals surface area contributed by atoms with Crippen LogP contribution in [0, 0.1) is 0 Å². The van der Waals surface area contributed by atoms with E-state index in [1.165, 1.54) is 12.8 Å². The molecule has 0 amide bonds. The molecule has 1 aromatic rings. The summed E-state index contributed by atoms with van der Waals surface area (Å²) >= 11 is 0. The number of anilines is 1. The number of nitrogens with zero attached hydrogens (tertiary/aromatic N) is 2. The summed E-state index contributed by atoms with van der Waals surface area (Å²) in [5, 5.41) is 3.42. The number of imidazole rings is 1. The highest BCUT2D eigenvalue weighted by molar-refractivity contribution is 5.27. The fourth-order valence-corrected chi connectivity index (χ4v) is 1.46. The van der Waals surface area contributed by atoms with Gasteiger partial charge in [0.2, 0.25) is 0 Å². The molecule has 0 saturated heterocycles. The van der Waals surface area contributed by atoms with Crippen molar-refractivity contribution in [2.45, 2.75) is 38.9 Å². The Bertz CT molecular complexity index is 288. The summed E-state index contributed by atoms with van der Waals surface area (Å²) in [6, 6.07) is 0.725. The van der Waals surface area contributed by atoms with Gasteiger partial charge in [-0.25, -0.2) is 4.98 Å². The highest BCUT2D eigenvalue weighted by Gasteiger charge is 2.20. The second-order valence-electron chi connectivity index (χ2n) is 3.50. The molecule has 13 heavy (non-hydrogen) atoms. The second-order valence-corrected chi connectivity index (χ2v) is 3.50. The quantitative estimate of drug-likeness (QED) is 0.718. The van der Waals surface area contributed by atoms with Gasteiger partial charge in [0.1, 0.15) is 11.6 Å². The van der Waals surface area contributed by atoms with Gasteiger partial charge in [0.25, 0.3) is 0 Å². The molecule has 1 aliphatic carbocycles. The van der Waals surface area contributed by atoms with Crippen molar-refractivity contribution in [3.8, 4) is 0 Å². The molecule has 0 aromatic carbocycles. The van der Waals surface area contributed by atoms with E-state index in [0.717, 1.165) is 30.8 Å². The molecule has 0 radical (unpaired) electrons. The molecule has 0 spiro atoms. The van der Waals surface area contributed by atoms with E-state index < -0.39 is 0 Å². The van der Waals surface area contributed by atoms with Gasteiger partial charge in [-0.3, -0.25) is 0 Å². The van der Waals surface area contributed by atoms with Gasteiger partial charge in [0.05, 0.1) is 12.7 Å². The standard InChI is InChI=1S/C9H16N4/c1-2-13-8(10)5-12-9(13)6-11-7-3-4-7/h5,7,11H,2-4,6,10H2,1H3. The van der Waals surface area contributed by atoms with Crippen LogP contribution in [0.2, 0.25) is 0 Å². The number of nitrogens with one attached hydrogen (secondary N) is 1. The maximum absolute atomic E-state index is 5.75. The molecule has 1 aromatic heterocycles. The zero-order valence-electron chi connectivity index (χ0n) is 7.95. The van der Waals surface area contributed by atoms with Crippen LogP contribution >= 0.6 is 0 Å². The van der Waals surface area contributed by atoms with Crippen molar-refractivity contribution < 1.29 is 0 Å². The molecule has 2 rings (SSSR count). The normalized spacial score (nSPS) is 16.4. The summed E-state index contributed by atoms with van der Waals surface area (Å²) in [5.41, 5.74) is 5.75. The Morgan fingerprint density at radius 3 is 3.08 bits per heavy atom. The van der Waals surface area contributed by atoms with Crippen molar-refractivity contribution in [2.75, 3.05) is 5.73 Å². The number of nitrogens with two attached hydrogens (primary N) is 1. The van der Waals surface area contributed by atoms with Gasteiger partial charge < -0.3 is 15.6 Å². The lowest BCUT2D eigenvalue weighted by molar-refractivity contribution is 0.613. The number of aromatic nitrogens is 2. The van der Waals surface area contributed by atoms with E-state index in [4.69, 9.17) is 5.73 Å². The predicted octanol–water partition coefficient (Wildman–Crippen LogP) is 0.737. The molecule has 0 aliphatic heterocycles. The van der Waals surface area contributed by atoms with Crippen LogP contribution in [0.25, 0.3) is 0 Å². The van der Waals surface area contributed by atoms with Crippen LogP contribution in [0.5, 0.6) is 0 Å². The third kappa shape index (κ3) is 1.83. The maximum Gasteiger partial charge on any atom is 0.124 e. The molecule has 4 nitrogen and oxygen atoms in total. The van der Waals surface area contributed by atoms with Gasteiger partial charge in [-0.05, 0) is 19.8 Å². The minimum absolute atomic E-state index is 0.725. The Balaban J connectivity index is 2.00. The third-order valence-corrected chi connectivity index (χ3v) is 2.41. The molecular weight excluding hydrogens is 164 g/mol. The second kappa shape index (κ2) is 3.38. The lowest BCUT2D eigenvalue weighted by Crippen LogP contribution is -2.19. The van der Waals surface area contributed by atoms with E-state index in [0.29, 0.717) is 0 Å². The fourth-order valence-electron chi connectivity index (χ4n) is 1.46. The van der Waals surface area contributed by atoms with Gasteiger partial charge in [-0.2, -0.15) is 0 Å². The first-order chi connectivity index (χ1) is 6.31. The van der Waals surface area contributed by atoms with Crippen molar-refractivity contribution in [1.29, 1.82) is 0 Å². The first kappa shape index (κ1) is 8.56. The zero-order chi connectivity index (χ0) is 9.26.